The Balaban J connectivity index is 2.19. The SMILES string of the molecule is CCC(CC)CNCC(O)Cc1ccccc1. The Morgan fingerprint density at radius 1 is 1.06 bits per heavy atom. The lowest BCUT2D eigenvalue weighted by atomic mass is 10.0. The Labute approximate surface area is 105 Å². The summed E-state index contributed by atoms with van der Waals surface area (Å²) >= 11 is 0. The predicted octanol–water partition coefficient (Wildman–Crippen LogP) is 2.62. The van der Waals surface area contributed by atoms with Crippen LogP contribution in [0.4, 0.5) is 0 Å². The fourth-order valence-electron chi connectivity index (χ4n) is 1.99. The molecule has 17 heavy (non-hydrogen) atoms. The molecule has 1 aromatic rings. The van der Waals surface area contributed by atoms with Crippen molar-refractivity contribution in [1.29, 1.82) is 0 Å². The zero-order valence-electron chi connectivity index (χ0n) is 11.0. The number of hydrogen-bond donors (Lipinski definition) is 2. The van der Waals surface area contributed by atoms with Gasteiger partial charge in [-0.05, 0) is 24.4 Å². The third kappa shape index (κ3) is 5.85. The van der Waals surface area contributed by atoms with Gasteiger partial charge in [-0.2, -0.15) is 0 Å². The van der Waals surface area contributed by atoms with E-state index in [1.165, 1.54) is 18.4 Å². The quantitative estimate of drug-likeness (QED) is 0.726. The fourth-order valence-corrected chi connectivity index (χ4v) is 1.99. The highest BCUT2D eigenvalue weighted by atomic mass is 16.3. The number of aliphatic hydroxyl groups excluding tert-OH is 1. The number of nitrogens with one attached hydrogen (secondary N) is 1. The van der Waals surface area contributed by atoms with Gasteiger partial charge in [0.1, 0.15) is 0 Å². The first-order valence-electron chi connectivity index (χ1n) is 6.68. The smallest absolute Gasteiger partial charge is 0.0704 e. The molecule has 0 heterocycles. The zero-order chi connectivity index (χ0) is 12.5. The summed E-state index contributed by atoms with van der Waals surface area (Å²) in [6.07, 6.45) is 2.86. The van der Waals surface area contributed by atoms with Gasteiger partial charge in [0.25, 0.3) is 0 Å². The summed E-state index contributed by atoms with van der Waals surface area (Å²) in [6.45, 7) is 6.14. The van der Waals surface area contributed by atoms with Crippen molar-refractivity contribution in [2.24, 2.45) is 5.92 Å². The van der Waals surface area contributed by atoms with Crippen LogP contribution in [0.15, 0.2) is 30.3 Å². The Morgan fingerprint density at radius 3 is 2.29 bits per heavy atom. The van der Waals surface area contributed by atoms with E-state index in [2.05, 4.69) is 31.3 Å². The van der Waals surface area contributed by atoms with Crippen LogP contribution in [0, 0.1) is 5.92 Å². The highest BCUT2D eigenvalue weighted by molar-refractivity contribution is 5.15. The van der Waals surface area contributed by atoms with E-state index in [-0.39, 0.29) is 6.10 Å². The van der Waals surface area contributed by atoms with Crippen LogP contribution >= 0.6 is 0 Å². The van der Waals surface area contributed by atoms with E-state index in [0.717, 1.165) is 18.9 Å². The molecular formula is C15H25NO. The molecule has 2 N–H and O–H groups in total. The summed E-state index contributed by atoms with van der Waals surface area (Å²) in [7, 11) is 0. The normalized spacial score (nSPS) is 12.9. The molecule has 2 nitrogen and oxygen atoms in total. The van der Waals surface area contributed by atoms with E-state index in [4.69, 9.17) is 0 Å². The van der Waals surface area contributed by atoms with E-state index in [9.17, 15) is 5.11 Å². The number of aliphatic hydroxyl groups is 1. The number of hydrogen-bond acceptors (Lipinski definition) is 2. The Bertz CT molecular complexity index is 282. The largest absolute Gasteiger partial charge is 0.391 e. The minimum atomic E-state index is -0.285. The molecule has 0 aliphatic rings. The molecule has 1 aromatic carbocycles. The maximum absolute atomic E-state index is 9.90. The van der Waals surface area contributed by atoms with Crippen molar-refractivity contribution in [3.63, 3.8) is 0 Å². The lowest BCUT2D eigenvalue weighted by Crippen LogP contribution is -2.31. The van der Waals surface area contributed by atoms with Gasteiger partial charge in [-0.1, -0.05) is 57.0 Å². The van der Waals surface area contributed by atoms with Gasteiger partial charge >= 0.3 is 0 Å². The molecule has 96 valence electrons. The molecule has 2 heteroatoms. The van der Waals surface area contributed by atoms with Gasteiger partial charge in [0.05, 0.1) is 6.10 Å². The molecule has 0 saturated carbocycles. The lowest BCUT2D eigenvalue weighted by molar-refractivity contribution is 0.169. The summed E-state index contributed by atoms with van der Waals surface area (Å²) < 4.78 is 0. The number of benzene rings is 1. The summed E-state index contributed by atoms with van der Waals surface area (Å²) in [4.78, 5) is 0. The van der Waals surface area contributed by atoms with E-state index >= 15 is 0 Å². The van der Waals surface area contributed by atoms with Gasteiger partial charge in [-0.15, -0.1) is 0 Å². The van der Waals surface area contributed by atoms with Crippen LogP contribution in [-0.4, -0.2) is 24.3 Å². The number of rotatable bonds is 8. The van der Waals surface area contributed by atoms with Crippen LogP contribution in [0.2, 0.25) is 0 Å². The first-order chi connectivity index (χ1) is 8.26. The Kier molecular flexibility index (Phi) is 6.90. The maximum Gasteiger partial charge on any atom is 0.0704 e. The van der Waals surface area contributed by atoms with Crippen molar-refractivity contribution in [3.8, 4) is 0 Å². The van der Waals surface area contributed by atoms with Crippen LogP contribution in [0.1, 0.15) is 32.3 Å². The molecule has 0 radical (unpaired) electrons. The minimum absolute atomic E-state index is 0.285. The second kappa shape index (κ2) is 8.26. The summed E-state index contributed by atoms with van der Waals surface area (Å²) in [5, 5.41) is 13.3. The topological polar surface area (TPSA) is 32.3 Å². The average molecular weight is 235 g/mol. The van der Waals surface area contributed by atoms with Gasteiger partial charge in [0.2, 0.25) is 0 Å². The van der Waals surface area contributed by atoms with Crippen molar-refractivity contribution in [2.45, 2.75) is 39.2 Å². The summed E-state index contributed by atoms with van der Waals surface area (Å²) in [5.41, 5.74) is 1.20. The second-order valence-electron chi connectivity index (χ2n) is 4.68. The van der Waals surface area contributed by atoms with Crippen LogP contribution in [0.3, 0.4) is 0 Å². The van der Waals surface area contributed by atoms with Gasteiger partial charge in [0.15, 0.2) is 0 Å². The third-order valence-corrected chi connectivity index (χ3v) is 3.28. The summed E-state index contributed by atoms with van der Waals surface area (Å²) in [5.74, 6) is 0.735. The van der Waals surface area contributed by atoms with Gasteiger partial charge in [-0.3, -0.25) is 0 Å². The predicted molar refractivity (Wildman–Crippen MR) is 73.1 cm³/mol. The Hall–Kier alpha value is -0.860. The molecule has 0 spiro atoms. The molecule has 1 atom stereocenters. The monoisotopic (exact) mass is 235 g/mol. The van der Waals surface area contributed by atoms with Crippen LogP contribution in [0.5, 0.6) is 0 Å². The first kappa shape index (κ1) is 14.2. The highest BCUT2D eigenvalue weighted by Gasteiger charge is 2.07. The van der Waals surface area contributed by atoms with E-state index in [1.54, 1.807) is 0 Å². The van der Waals surface area contributed by atoms with Crippen molar-refractivity contribution >= 4 is 0 Å². The average Bonchev–Trinajstić information content (AvgIpc) is 2.36. The molecule has 0 aromatic heterocycles. The maximum atomic E-state index is 9.90. The van der Waals surface area contributed by atoms with Gasteiger partial charge in [0, 0.05) is 6.54 Å². The molecule has 0 amide bonds. The first-order valence-corrected chi connectivity index (χ1v) is 6.68. The molecule has 0 aliphatic carbocycles. The van der Waals surface area contributed by atoms with Gasteiger partial charge in [-0.25, -0.2) is 0 Å². The van der Waals surface area contributed by atoms with Crippen molar-refractivity contribution in [2.75, 3.05) is 13.1 Å². The van der Waals surface area contributed by atoms with Crippen molar-refractivity contribution < 1.29 is 5.11 Å². The molecular weight excluding hydrogens is 210 g/mol. The van der Waals surface area contributed by atoms with Gasteiger partial charge < -0.3 is 10.4 Å². The fraction of sp³-hybridized carbons (Fsp3) is 0.600. The molecule has 0 saturated heterocycles. The van der Waals surface area contributed by atoms with E-state index in [1.807, 2.05) is 18.2 Å². The third-order valence-electron chi connectivity index (χ3n) is 3.28. The molecule has 1 unspecified atom stereocenters. The van der Waals surface area contributed by atoms with Crippen molar-refractivity contribution in [1.82, 2.24) is 5.32 Å². The zero-order valence-corrected chi connectivity index (χ0v) is 11.0. The van der Waals surface area contributed by atoms with Crippen LogP contribution < -0.4 is 5.32 Å². The standard InChI is InChI=1S/C15H25NO/c1-3-13(4-2)11-16-12-15(17)10-14-8-6-5-7-9-14/h5-9,13,15-17H,3-4,10-12H2,1-2H3. The molecule has 0 aliphatic heterocycles. The van der Waals surface area contributed by atoms with E-state index in [0.29, 0.717) is 6.54 Å². The van der Waals surface area contributed by atoms with E-state index < -0.39 is 0 Å². The minimum Gasteiger partial charge on any atom is -0.391 e. The van der Waals surface area contributed by atoms with Crippen molar-refractivity contribution in [3.05, 3.63) is 35.9 Å². The van der Waals surface area contributed by atoms with Crippen LogP contribution in [-0.2, 0) is 6.42 Å². The Morgan fingerprint density at radius 2 is 1.71 bits per heavy atom. The van der Waals surface area contributed by atoms with Crippen LogP contribution in [0.25, 0.3) is 0 Å². The summed E-state index contributed by atoms with van der Waals surface area (Å²) in [6, 6.07) is 10.1. The molecule has 1 rings (SSSR count). The molecule has 0 fully saturated rings. The molecule has 0 bridgehead atoms. The second-order valence-corrected chi connectivity index (χ2v) is 4.68. The lowest BCUT2D eigenvalue weighted by Gasteiger charge is -2.16. The highest BCUT2D eigenvalue weighted by Crippen LogP contribution is 2.06.